The molecule has 0 saturated carbocycles. The van der Waals surface area contributed by atoms with Crippen molar-refractivity contribution < 1.29 is 37.0 Å². The number of hydrogen-bond acceptors (Lipinski definition) is 8. The number of hydrogen-bond donors (Lipinski definition) is 1. The third-order valence-electron chi connectivity index (χ3n) is 7.75. The first-order valence-corrected chi connectivity index (χ1v) is 16.0. The minimum absolute atomic E-state index is 0.0898. The smallest absolute Gasteiger partial charge is 0.416 e. The molecule has 49 heavy (non-hydrogen) atoms. The molecule has 2 heterocycles. The Kier molecular flexibility index (Phi) is 10.4. The average Bonchev–Trinajstić information content (AvgIpc) is 3.71. The highest BCUT2D eigenvalue weighted by Crippen LogP contribution is 2.41. The molecule has 0 radical (unpaired) electrons. The highest BCUT2D eigenvalue weighted by Gasteiger charge is 2.38. The second-order valence-electron chi connectivity index (χ2n) is 12.6. The van der Waals surface area contributed by atoms with Crippen LogP contribution in [0.3, 0.4) is 0 Å². The molecule has 1 atom stereocenters. The second-order valence-corrected chi connectivity index (χ2v) is 13.0. The number of methoxy groups -OCH3 is 1. The lowest BCUT2D eigenvalue weighted by Crippen LogP contribution is -2.37. The van der Waals surface area contributed by atoms with E-state index in [1.54, 1.807) is 57.2 Å². The van der Waals surface area contributed by atoms with Crippen LogP contribution in [0.4, 0.5) is 24.5 Å². The predicted molar refractivity (Wildman–Crippen MR) is 179 cm³/mol. The molecule has 1 aromatic heterocycles. The minimum atomic E-state index is -4.59. The van der Waals surface area contributed by atoms with Crippen molar-refractivity contribution in [3.05, 3.63) is 88.5 Å². The number of benzene rings is 3. The van der Waals surface area contributed by atoms with Gasteiger partial charge in [0.2, 0.25) is 0 Å². The number of esters is 1. The van der Waals surface area contributed by atoms with Crippen molar-refractivity contribution in [2.24, 2.45) is 0 Å². The quantitative estimate of drug-likeness (QED) is 0.127. The van der Waals surface area contributed by atoms with Crippen molar-refractivity contribution >= 4 is 34.9 Å². The van der Waals surface area contributed by atoms with Crippen LogP contribution in [0.25, 0.3) is 5.69 Å². The largest absolute Gasteiger partial charge is 0.497 e. The van der Waals surface area contributed by atoms with Gasteiger partial charge in [-0.3, -0.25) is 9.59 Å². The summed E-state index contributed by atoms with van der Waals surface area (Å²) in [5, 5.41) is 7.80. The summed E-state index contributed by atoms with van der Waals surface area (Å²) >= 11 is 6.38. The fraction of sp³-hybridized carbons (Fsp3) is 0.371. The van der Waals surface area contributed by atoms with Gasteiger partial charge in [-0.1, -0.05) is 23.7 Å². The molecule has 1 unspecified atom stereocenters. The van der Waals surface area contributed by atoms with E-state index in [0.29, 0.717) is 46.1 Å². The molecule has 260 valence electrons. The number of carbonyl (C=O) groups is 2. The minimum Gasteiger partial charge on any atom is -0.497 e. The Hall–Kier alpha value is -4.78. The van der Waals surface area contributed by atoms with E-state index in [9.17, 15) is 22.8 Å². The van der Waals surface area contributed by atoms with E-state index in [1.165, 1.54) is 42.3 Å². The van der Waals surface area contributed by atoms with Crippen molar-refractivity contribution in [3.63, 3.8) is 0 Å². The van der Waals surface area contributed by atoms with Crippen LogP contribution in [0.1, 0.15) is 61.9 Å². The van der Waals surface area contributed by atoms with Gasteiger partial charge in [-0.15, -0.1) is 0 Å². The zero-order valence-corrected chi connectivity index (χ0v) is 28.5. The lowest BCUT2D eigenvalue weighted by atomic mass is 10.0. The number of nitrogens with one attached hydrogen (secondary N) is 1. The number of fused-ring (bicyclic) bond motifs is 1. The average molecular weight is 700 g/mol. The summed E-state index contributed by atoms with van der Waals surface area (Å²) in [4.78, 5) is 32.2. The van der Waals surface area contributed by atoms with E-state index in [1.807, 2.05) is 0 Å². The summed E-state index contributed by atoms with van der Waals surface area (Å²) in [6, 6.07) is 11.3. The summed E-state index contributed by atoms with van der Waals surface area (Å²) in [7, 11) is 1.50. The Morgan fingerprint density at radius 3 is 2.53 bits per heavy atom. The monoisotopic (exact) mass is 699 g/mol. The van der Waals surface area contributed by atoms with Crippen LogP contribution in [0, 0.1) is 6.92 Å². The molecule has 3 aromatic carbocycles. The van der Waals surface area contributed by atoms with Crippen molar-refractivity contribution in [1.82, 2.24) is 14.8 Å². The van der Waals surface area contributed by atoms with Crippen LogP contribution in [0.15, 0.2) is 61.2 Å². The van der Waals surface area contributed by atoms with Crippen LogP contribution < -0.4 is 19.7 Å². The van der Waals surface area contributed by atoms with Gasteiger partial charge in [0.1, 0.15) is 35.8 Å². The van der Waals surface area contributed by atoms with Crippen LogP contribution >= 0.6 is 11.6 Å². The number of alkyl halides is 3. The van der Waals surface area contributed by atoms with Gasteiger partial charge < -0.3 is 24.4 Å². The van der Waals surface area contributed by atoms with Crippen LogP contribution in [-0.2, 0) is 26.9 Å². The Labute approximate surface area is 287 Å². The molecule has 0 saturated heterocycles. The van der Waals surface area contributed by atoms with Gasteiger partial charge in [0.05, 0.1) is 25.0 Å². The number of aryl methyl sites for hydroxylation is 1. The van der Waals surface area contributed by atoms with Gasteiger partial charge in [0, 0.05) is 47.1 Å². The van der Waals surface area contributed by atoms with Gasteiger partial charge in [0.25, 0.3) is 5.91 Å². The van der Waals surface area contributed by atoms with Crippen LogP contribution in [0.2, 0.25) is 5.02 Å². The summed E-state index contributed by atoms with van der Waals surface area (Å²) in [5.41, 5.74) is 0.908. The van der Waals surface area contributed by atoms with Gasteiger partial charge in [-0.2, -0.15) is 18.3 Å². The lowest BCUT2D eigenvalue weighted by Gasteiger charge is -2.28. The van der Waals surface area contributed by atoms with Gasteiger partial charge in [-0.25, -0.2) is 9.67 Å². The Morgan fingerprint density at radius 2 is 1.86 bits per heavy atom. The van der Waals surface area contributed by atoms with E-state index < -0.39 is 29.3 Å². The van der Waals surface area contributed by atoms with Gasteiger partial charge >= 0.3 is 12.1 Å². The molecule has 1 amide bonds. The summed E-state index contributed by atoms with van der Waals surface area (Å²) in [6.45, 7) is 7.03. The highest BCUT2D eigenvalue weighted by molar-refractivity contribution is 6.30. The predicted octanol–water partition coefficient (Wildman–Crippen LogP) is 7.50. The molecule has 0 spiro atoms. The Bertz CT molecular complexity index is 1830. The first kappa shape index (κ1) is 35.5. The maximum atomic E-state index is 14.6. The third-order valence-corrected chi connectivity index (χ3v) is 7.99. The molecule has 1 aliphatic heterocycles. The van der Waals surface area contributed by atoms with E-state index in [-0.39, 0.29) is 42.5 Å². The number of anilines is 2. The molecular formula is C35H37ClF3N5O5. The molecule has 0 fully saturated rings. The van der Waals surface area contributed by atoms with E-state index in [0.717, 1.165) is 6.07 Å². The summed E-state index contributed by atoms with van der Waals surface area (Å²) < 4.78 is 60.4. The maximum Gasteiger partial charge on any atom is 0.416 e. The van der Waals surface area contributed by atoms with Crippen LogP contribution in [-0.4, -0.2) is 52.5 Å². The number of amides is 1. The molecular weight excluding hydrogens is 663 g/mol. The maximum absolute atomic E-state index is 14.6. The fourth-order valence-corrected chi connectivity index (χ4v) is 5.77. The van der Waals surface area contributed by atoms with Gasteiger partial charge in [0.15, 0.2) is 0 Å². The highest BCUT2D eigenvalue weighted by atomic mass is 35.5. The lowest BCUT2D eigenvalue weighted by molar-refractivity contribution is -0.155. The Balaban J connectivity index is 1.52. The third kappa shape index (κ3) is 8.63. The fourth-order valence-electron chi connectivity index (χ4n) is 5.61. The molecule has 10 nitrogen and oxygen atoms in total. The standard InChI is InChI=1S/C35H37ClF3N5O5/c1-21-13-22-10-11-43(29(22)18-28(21)35(37,38)39)33(46)32(42-24-15-25(17-26(16-24)47-5)44-20-40-19-41-44)27-9-8-23(36)14-30(27)48-12-6-7-31(45)49-34(2,3)4/h8-9,13-20,32,42H,6-7,10-12H2,1-5H3. The van der Waals surface area contributed by atoms with Crippen molar-refractivity contribution in [2.75, 3.05) is 30.5 Å². The van der Waals surface area contributed by atoms with Crippen molar-refractivity contribution in [3.8, 4) is 17.2 Å². The van der Waals surface area contributed by atoms with E-state index in [2.05, 4.69) is 15.4 Å². The molecule has 4 aromatic rings. The number of carbonyl (C=O) groups excluding carboxylic acids is 2. The molecule has 5 rings (SSSR count). The van der Waals surface area contributed by atoms with E-state index in [4.69, 9.17) is 25.8 Å². The van der Waals surface area contributed by atoms with Gasteiger partial charge in [-0.05, 0) is 75.9 Å². The molecule has 1 N–H and O–H groups in total. The Morgan fingerprint density at radius 1 is 1.08 bits per heavy atom. The summed E-state index contributed by atoms with van der Waals surface area (Å²) in [5.74, 6) is -0.171. The van der Waals surface area contributed by atoms with E-state index >= 15 is 0 Å². The molecule has 0 aliphatic carbocycles. The SMILES string of the molecule is COc1cc(NC(C(=O)N2CCc3cc(C)c(C(F)(F)F)cc32)c2ccc(Cl)cc2OCCCC(=O)OC(C)(C)C)cc(-n2cncn2)c1. The number of halogens is 4. The normalized spacial score (nSPS) is 13.5. The van der Waals surface area contributed by atoms with Crippen molar-refractivity contribution in [1.29, 1.82) is 0 Å². The molecule has 14 heteroatoms. The topological polar surface area (TPSA) is 108 Å². The summed E-state index contributed by atoms with van der Waals surface area (Å²) in [6.07, 6.45) is -0.900. The zero-order chi connectivity index (χ0) is 35.5. The first-order valence-electron chi connectivity index (χ1n) is 15.6. The zero-order valence-electron chi connectivity index (χ0n) is 27.7. The van der Waals surface area contributed by atoms with Crippen molar-refractivity contribution in [2.45, 2.75) is 64.8 Å². The molecule has 1 aliphatic rings. The molecule has 0 bridgehead atoms. The number of rotatable bonds is 11. The van der Waals surface area contributed by atoms with Crippen LogP contribution in [0.5, 0.6) is 11.5 Å². The number of aromatic nitrogens is 3. The second kappa shape index (κ2) is 14.4. The first-order chi connectivity index (χ1) is 23.1. The number of nitrogens with zero attached hydrogens (tertiary/aromatic N) is 4. The number of ether oxygens (including phenoxy) is 3.